The zero-order valence-corrected chi connectivity index (χ0v) is 26.6. The second-order valence-electron chi connectivity index (χ2n) is 9.28. The van der Waals surface area contributed by atoms with Crippen molar-refractivity contribution in [2.45, 2.75) is 41.6 Å². The number of carbonyl (C=O) groups is 3. The third-order valence-electron chi connectivity index (χ3n) is 6.36. The minimum atomic E-state index is -4.10. The van der Waals surface area contributed by atoms with Crippen LogP contribution in [0.1, 0.15) is 11.4 Å². The van der Waals surface area contributed by atoms with Gasteiger partial charge in [-0.2, -0.15) is 13.0 Å². The number of halogens is 2. The number of hydrogen-bond acceptors (Lipinski definition) is 8. The van der Waals surface area contributed by atoms with Crippen molar-refractivity contribution in [3.8, 4) is 0 Å². The van der Waals surface area contributed by atoms with Gasteiger partial charge in [0.25, 0.3) is 16.0 Å². The van der Waals surface area contributed by atoms with Crippen LogP contribution in [0.25, 0.3) is 0 Å². The molecule has 1 aromatic heterocycles. The first kappa shape index (κ1) is 32.0. The second kappa shape index (κ2) is 13.1. The molecule has 0 unspecified atom stereocenters. The van der Waals surface area contributed by atoms with Crippen LogP contribution >= 0.6 is 58.5 Å². The van der Waals surface area contributed by atoms with Gasteiger partial charge in [-0.1, -0.05) is 23.2 Å². The van der Waals surface area contributed by atoms with E-state index in [1.54, 1.807) is 22.8 Å². The molecule has 3 N–H and O–H groups in total. The van der Waals surface area contributed by atoms with Gasteiger partial charge < -0.3 is 10.4 Å². The Kier molecular flexibility index (Phi) is 10.3. The Balaban J connectivity index is 1.40. The van der Waals surface area contributed by atoms with Gasteiger partial charge in [-0.15, -0.1) is 35.3 Å². The van der Waals surface area contributed by atoms with E-state index in [1.807, 2.05) is 26.0 Å². The Morgan fingerprint density at radius 1 is 1.17 bits per heavy atom. The number of carboxylic acid groups (broad SMARTS) is 1. The third-order valence-corrected chi connectivity index (χ3v) is 11.2. The number of benzene rings is 1. The van der Waals surface area contributed by atoms with Crippen LogP contribution in [0.4, 0.5) is 0 Å². The summed E-state index contributed by atoms with van der Waals surface area (Å²) in [7, 11) is -4.10. The molecule has 0 aliphatic carbocycles. The Hall–Kier alpha value is -1.94. The van der Waals surface area contributed by atoms with Crippen LogP contribution in [0.3, 0.4) is 0 Å². The van der Waals surface area contributed by atoms with Crippen molar-refractivity contribution in [1.82, 2.24) is 10.2 Å². The molecule has 2 aromatic rings. The number of carboxylic acids is 1. The highest BCUT2D eigenvalue weighted by Gasteiger charge is 2.54. The van der Waals surface area contributed by atoms with Crippen molar-refractivity contribution in [1.29, 1.82) is 0 Å². The normalized spacial score (nSPS) is 18.7. The lowest BCUT2D eigenvalue weighted by Crippen LogP contribution is -2.70. The van der Waals surface area contributed by atoms with E-state index in [0.29, 0.717) is 32.0 Å². The number of rotatable bonds is 11. The van der Waals surface area contributed by atoms with E-state index in [2.05, 4.69) is 5.32 Å². The topological polar surface area (TPSA) is 145 Å². The highest BCUT2D eigenvalue weighted by molar-refractivity contribution is 8.01. The predicted molar refractivity (Wildman–Crippen MR) is 160 cm³/mol. The first-order valence-corrected chi connectivity index (χ1v) is 17.5. The summed E-state index contributed by atoms with van der Waals surface area (Å²) in [5.74, 6) is -1.76. The number of fused-ring (bicyclic) bond motifs is 1. The first-order valence-electron chi connectivity index (χ1n) is 12.1. The summed E-state index contributed by atoms with van der Waals surface area (Å²) in [6, 6.07) is 7.81. The Bertz CT molecular complexity index is 1530. The molecular formula is C25H26Cl2N3O7S4+. The maximum Gasteiger partial charge on any atom is 0.352 e. The molecule has 2 atom stereocenters. The number of hydrogen-bond donors (Lipinski definition) is 3. The molecule has 0 bridgehead atoms. The minimum Gasteiger partial charge on any atom is -0.477 e. The predicted octanol–water partition coefficient (Wildman–Crippen LogP) is 3.41. The smallest absolute Gasteiger partial charge is 0.352 e. The van der Waals surface area contributed by atoms with Crippen molar-refractivity contribution in [3.63, 3.8) is 0 Å². The average Bonchev–Trinajstić information content (AvgIpc) is 2.89. The molecule has 10 nitrogen and oxygen atoms in total. The molecule has 3 heterocycles. The molecule has 0 spiro atoms. The second-order valence-corrected chi connectivity index (χ2v) is 14.9. The molecule has 2 aliphatic heterocycles. The molecule has 1 saturated heterocycles. The van der Waals surface area contributed by atoms with Gasteiger partial charge in [0, 0.05) is 52.3 Å². The summed E-state index contributed by atoms with van der Waals surface area (Å²) in [4.78, 5) is 40.5. The number of aliphatic carboxylic acids is 1. The molecule has 2 amide bonds. The molecule has 41 heavy (non-hydrogen) atoms. The Morgan fingerprint density at radius 2 is 1.85 bits per heavy atom. The Morgan fingerprint density at radius 3 is 2.49 bits per heavy atom. The van der Waals surface area contributed by atoms with E-state index in [9.17, 15) is 27.9 Å². The maximum absolute atomic E-state index is 13.0. The van der Waals surface area contributed by atoms with E-state index < -0.39 is 39.2 Å². The van der Waals surface area contributed by atoms with Crippen LogP contribution in [0, 0.1) is 13.8 Å². The van der Waals surface area contributed by atoms with Crippen LogP contribution in [-0.2, 0) is 31.0 Å². The van der Waals surface area contributed by atoms with Crippen molar-refractivity contribution in [2.75, 3.05) is 23.0 Å². The zero-order chi connectivity index (χ0) is 30.1. The summed E-state index contributed by atoms with van der Waals surface area (Å²) in [6.45, 7) is 3.74. The van der Waals surface area contributed by atoms with Crippen molar-refractivity contribution < 1.29 is 37.0 Å². The number of β-lactam (4-membered cyclic amide) rings is 1. The fourth-order valence-corrected chi connectivity index (χ4v) is 8.72. The summed E-state index contributed by atoms with van der Waals surface area (Å²) < 4.78 is 33.1. The average molecular weight is 680 g/mol. The number of nitrogens with one attached hydrogen (secondary N) is 1. The molecule has 16 heteroatoms. The van der Waals surface area contributed by atoms with Gasteiger partial charge in [0.05, 0.1) is 10.8 Å². The van der Waals surface area contributed by atoms with Crippen LogP contribution in [0.2, 0.25) is 10.0 Å². The van der Waals surface area contributed by atoms with E-state index in [0.717, 1.165) is 16.3 Å². The van der Waals surface area contributed by atoms with Crippen LogP contribution in [0.15, 0.2) is 51.4 Å². The van der Waals surface area contributed by atoms with Crippen LogP contribution in [0.5, 0.6) is 0 Å². The monoisotopic (exact) mass is 678 g/mol. The summed E-state index contributed by atoms with van der Waals surface area (Å²) in [5, 5.41) is 13.1. The van der Waals surface area contributed by atoms with Gasteiger partial charge in [0.1, 0.15) is 22.9 Å². The molecule has 220 valence electrons. The molecule has 0 saturated carbocycles. The Labute approximate surface area is 260 Å². The largest absolute Gasteiger partial charge is 0.477 e. The van der Waals surface area contributed by atoms with Crippen LogP contribution < -0.4 is 9.88 Å². The summed E-state index contributed by atoms with van der Waals surface area (Å²) in [5.41, 5.74) is 2.10. The summed E-state index contributed by atoms with van der Waals surface area (Å²) >= 11 is 16.1. The van der Waals surface area contributed by atoms with E-state index in [4.69, 9.17) is 27.8 Å². The zero-order valence-electron chi connectivity index (χ0n) is 21.8. The van der Waals surface area contributed by atoms with E-state index >= 15 is 0 Å². The standard InChI is InChI=1S/C25H25Cl2N3O7S4/c1-13-7-17(8-14(2)29(13)5-6-41(35,36)37)38-10-15-11-40-24-21(23(32)30(24)22(15)25(33)34)28-20(31)12-39-19-9-16(26)3-4-18(19)27/h3-4,7-9,21,24H,5-6,10-12H2,1-2H3,(H2-,28,31,33,34,35,36,37)/p+1/t21-,24-/m1/s1. The lowest BCUT2D eigenvalue weighted by molar-refractivity contribution is -0.704. The molecule has 2 aliphatic rings. The van der Waals surface area contributed by atoms with E-state index in [-0.39, 0.29) is 23.9 Å². The SMILES string of the molecule is Cc1cc(SCC2=C(C(=O)O)N3C(=O)[C@@H](NC(=O)CSc4cc(Cl)ccc4Cl)[C@H]3SC2)cc(C)[n+]1CCS(=O)(=O)O. The molecule has 1 aromatic carbocycles. The lowest BCUT2D eigenvalue weighted by atomic mass is 10.0. The molecule has 4 rings (SSSR count). The number of amides is 2. The number of nitrogens with zero attached hydrogens (tertiary/aromatic N) is 2. The number of aryl methyl sites for hydroxylation is 2. The first-order chi connectivity index (χ1) is 19.2. The minimum absolute atomic E-state index is 0.0104. The number of thioether (sulfide) groups is 3. The lowest BCUT2D eigenvalue weighted by Gasteiger charge is -2.49. The quantitative estimate of drug-likeness (QED) is 0.140. The highest BCUT2D eigenvalue weighted by Crippen LogP contribution is 2.42. The van der Waals surface area contributed by atoms with Crippen LogP contribution in [-0.4, -0.2) is 75.2 Å². The van der Waals surface area contributed by atoms with Crippen molar-refractivity contribution in [3.05, 3.63) is 63.0 Å². The number of aromatic nitrogens is 1. The van der Waals surface area contributed by atoms with E-state index in [1.165, 1.54) is 40.2 Å². The fraction of sp³-hybridized carbons (Fsp3) is 0.360. The highest BCUT2D eigenvalue weighted by atomic mass is 35.5. The third kappa shape index (κ3) is 7.72. The van der Waals surface area contributed by atoms with Gasteiger partial charge in [0.15, 0.2) is 17.9 Å². The summed E-state index contributed by atoms with van der Waals surface area (Å²) in [6.07, 6.45) is 0. The van der Waals surface area contributed by atoms with Gasteiger partial charge >= 0.3 is 5.97 Å². The fourth-order valence-electron chi connectivity index (χ4n) is 4.44. The van der Waals surface area contributed by atoms with Gasteiger partial charge in [-0.05, 0) is 23.8 Å². The molecule has 0 radical (unpaired) electrons. The van der Waals surface area contributed by atoms with Crippen molar-refractivity contribution in [2.24, 2.45) is 0 Å². The number of pyridine rings is 1. The maximum atomic E-state index is 13.0. The number of carbonyl (C=O) groups excluding carboxylic acids is 2. The van der Waals surface area contributed by atoms with Crippen molar-refractivity contribution >= 4 is 86.4 Å². The van der Waals surface area contributed by atoms with Gasteiger partial charge in [-0.3, -0.25) is 19.0 Å². The van der Waals surface area contributed by atoms with Gasteiger partial charge in [-0.25, -0.2) is 4.79 Å². The van der Waals surface area contributed by atoms with Gasteiger partial charge in [0.2, 0.25) is 5.91 Å². The molecular weight excluding hydrogens is 653 g/mol. The molecule has 1 fully saturated rings.